The number of benzene rings is 1. The minimum absolute atomic E-state index is 0.0908. The molecule has 3 aromatic rings. The molecule has 1 aliphatic carbocycles. The summed E-state index contributed by atoms with van der Waals surface area (Å²) in [5, 5.41) is 10.6. The van der Waals surface area contributed by atoms with E-state index in [-0.39, 0.29) is 17.4 Å². The average Bonchev–Trinajstić information content (AvgIpc) is 3.41. The molecule has 1 saturated carbocycles. The summed E-state index contributed by atoms with van der Waals surface area (Å²) in [7, 11) is 0. The summed E-state index contributed by atoms with van der Waals surface area (Å²) >= 11 is 0. The zero-order valence-corrected chi connectivity index (χ0v) is 18.0. The Labute approximate surface area is 180 Å². The lowest BCUT2D eigenvalue weighted by atomic mass is 9.92. The van der Waals surface area contributed by atoms with Crippen molar-refractivity contribution in [2.24, 2.45) is 0 Å². The van der Waals surface area contributed by atoms with E-state index in [0.717, 1.165) is 43.9 Å². The first-order chi connectivity index (χ1) is 14.8. The summed E-state index contributed by atoms with van der Waals surface area (Å²) < 4.78 is 30.5. The minimum atomic E-state index is -0.769. The van der Waals surface area contributed by atoms with Crippen LogP contribution >= 0.6 is 0 Å². The van der Waals surface area contributed by atoms with E-state index >= 15 is 0 Å². The molecule has 1 fully saturated rings. The van der Waals surface area contributed by atoms with Crippen LogP contribution in [0.3, 0.4) is 0 Å². The van der Waals surface area contributed by atoms with E-state index in [1.54, 1.807) is 0 Å². The van der Waals surface area contributed by atoms with Gasteiger partial charge in [-0.3, -0.25) is 0 Å². The molecular weight excluding hydrogens is 400 g/mol. The van der Waals surface area contributed by atoms with Crippen molar-refractivity contribution in [3.05, 3.63) is 35.7 Å². The number of imidazole rings is 1. The monoisotopic (exact) mass is 429 g/mol. The second-order valence-corrected chi connectivity index (χ2v) is 8.50. The van der Waals surface area contributed by atoms with Crippen LogP contribution in [0.5, 0.6) is 0 Å². The summed E-state index contributed by atoms with van der Waals surface area (Å²) in [5.41, 5.74) is 6.50. The van der Waals surface area contributed by atoms with Gasteiger partial charge in [0.1, 0.15) is 23.3 Å². The Kier molecular flexibility index (Phi) is 5.92. The first kappa shape index (κ1) is 21.6. The highest BCUT2D eigenvalue weighted by Crippen LogP contribution is 2.38. The van der Waals surface area contributed by atoms with E-state index < -0.39 is 17.2 Å². The highest BCUT2D eigenvalue weighted by atomic mass is 19.1. The molecule has 0 spiro atoms. The van der Waals surface area contributed by atoms with Gasteiger partial charge in [-0.05, 0) is 50.3 Å². The van der Waals surface area contributed by atoms with Crippen molar-refractivity contribution in [3.63, 3.8) is 0 Å². The van der Waals surface area contributed by atoms with Gasteiger partial charge in [0.15, 0.2) is 17.0 Å². The van der Waals surface area contributed by atoms with Gasteiger partial charge in [-0.2, -0.15) is 0 Å². The second kappa shape index (κ2) is 8.49. The zero-order chi connectivity index (χ0) is 22.2. The van der Waals surface area contributed by atoms with Gasteiger partial charge < -0.3 is 15.4 Å². The number of aryl methyl sites for hydroxylation is 1. The molecule has 0 radical (unpaired) electrons. The molecule has 3 N–H and O–H groups in total. The lowest BCUT2D eigenvalue weighted by Gasteiger charge is -2.24. The molecule has 0 bridgehead atoms. The Hall–Kier alpha value is -2.61. The molecule has 0 amide bonds. The first-order valence-electron chi connectivity index (χ1n) is 11.1. The van der Waals surface area contributed by atoms with Gasteiger partial charge >= 0.3 is 0 Å². The fourth-order valence-electron chi connectivity index (χ4n) is 4.47. The fourth-order valence-corrected chi connectivity index (χ4v) is 4.47. The minimum Gasteiger partial charge on any atom is -0.390 e. The van der Waals surface area contributed by atoms with Crippen molar-refractivity contribution in [2.75, 3.05) is 5.73 Å². The molecule has 4 rings (SSSR count). The summed E-state index contributed by atoms with van der Waals surface area (Å²) in [4.78, 5) is 13.7. The van der Waals surface area contributed by atoms with Crippen LogP contribution < -0.4 is 5.73 Å². The molecule has 0 unspecified atom stereocenters. The number of aromatic nitrogens is 4. The molecule has 0 atom stereocenters. The highest BCUT2D eigenvalue weighted by Gasteiger charge is 2.28. The normalized spacial score (nSPS) is 15.3. The van der Waals surface area contributed by atoms with E-state index in [2.05, 4.69) is 9.97 Å². The van der Waals surface area contributed by atoms with Crippen LogP contribution in [0.1, 0.15) is 70.7 Å². The molecule has 31 heavy (non-hydrogen) atoms. The van der Waals surface area contributed by atoms with E-state index in [1.165, 1.54) is 0 Å². The number of hydrogen-bond donors (Lipinski definition) is 2. The first-order valence-corrected chi connectivity index (χ1v) is 11.1. The number of hydrogen-bond acceptors (Lipinski definition) is 5. The van der Waals surface area contributed by atoms with Gasteiger partial charge in [-0.15, -0.1) is 0 Å². The van der Waals surface area contributed by atoms with Gasteiger partial charge in [-0.25, -0.2) is 23.7 Å². The molecule has 0 saturated heterocycles. The predicted octanol–water partition coefficient (Wildman–Crippen LogP) is 4.95. The third-order valence-corrected chi connectivity index (χ3v) is 6.60. The average molecular weight is 430 g/mol. The van der Waals surface area contributed by atoms with Crippen molar-refractivity contribution in [1.82, 2.24) is 19.5 Å². The lowest BCUT2D eigenvalue weighted by Crippen LogP contribution is -2.27. The SMILES string of the molecule is CCC(O)(CC)CCc1nc(N)c2nc(-c3cc(F)ccc3F)n(C3CCCC3)c2n1. The summed E-state index contributed by atoms with van der Waals surface area (Å²) in [5.74, 6) is -0.00370. The smallest absolute Gasteiger partial charge is 0.166 e. The van der Waals surface area contributed by atoms with E-state index in [0.29, 0.717) is 48.5 Å². The van der Waals surface area contributed by atoms with E-state index in [9.17, 15) is 13.9 Å². The Balaban J connectivity index is 1.85. The van der Waals surface area contributed by atoms with Gasteiger partial charge in [0.25, 0.3) is 0 Å². The lowest BCUT2D eigenvalue weighted by molar-refractivity contribution is 0.0235. The molecule has 6 nitrogen and oxygen atoms in total. The number of fused-ring (bicyclic) bond motifs is 1. The highest BCUT2D eigenvalue weighted by molar-refractivity contribution is 5.85. The van der Waals surface area contributed by atoms with Crippen molar-refractivity contribution >= 4 is 17.0 Å². The molecule has 2 aromatic heterocycles. The molecule has 2 heterocycles. The van der Waals surface area contributed by atoms with E-state index in [4.69, 9.17) is 10.7 Å². The maximum atomic E-state index is 14.6. The molecule has 1 aromatic carbocycles. The maximum Gasteiger partial charge on any atom is 0.166 e. The molecule has 166 valence electrons. The third kappa shape index (κ3) is 4.13. The van der Waals surface area contributed by atoms with Gasteiger partial charge in [0, 0.05) is 12.5 Å². The second-order valence-electron chi connectivity index (χ2n) is 8.50. The van der Waals surface area contributed by atoms with Gasteiger partial charge in [0.05, 0.1) is 11.2 Å². The number of nitrogens with two attached hydrogens (primary N) is 1. The molecular formula is C23H29F2N5O. The number of nitrogens with zero attached hydrogens (tertiary/aromatic N) is 4. The van der Waals surface area contributed by atoms with Crippen molar-refractivity contribution in [1.29, 1.82) is 0 Å². The van der Waals surface area contributed by atoms with Crippen molar-refractivity contribution in [3.8, 4) is 11.4 Å². The van der Waals surface area contributed by atoms with Crippen LogP contribution in [-0.4, -0.2) is 30.2 Å². The van der Waals surface area contributed by atoms with Gasteiger partial charge in [-0.1, -0.05) is 26.7 Å². The van der Waals surface area contributed by atoms with Crippen LogP contribution in [0.4, 0.5) is 14.6 Å². The summed E-state index contributed by atoms with van der Waals surface area (Å²) in [6, 6.07) is 3.46. The number of halogens is 2. The fraction of sp³-hybridized carbons (Fsp3) is 0.522. The van der Waals surface area contributed by atoms with Crippen LogP contribution in [0.15, 0.2) is 18.2 Å². The van der Waals surface area contributed by atoms with Crippen LogP contribution in [0, 0.1) is 11.6 Å². The standard InChI is InChI=1S/C23H29F2N5O/c1-3-23(31,4-2)12-11-18-27-20(26)19-22(28-18)30(15-7-5-6-8-15)21(29-19)16-13-14(24)9-10-17(16)25/h9-10,13,15,31H,3-8,11-12H2,1-2H3,(H2,26,27,28). The molecule has 8 heteroatoms. The predicted molar refractivity (Wildman–Crippen MR) is 116 cm³/mol. The number of anilines is 1. The van der Waals surface area contributed by atoms with Crippen molar-refractivity contribution < 1.29 is 13.9 Å². The maximum absolute atomic E-state index is 14.6. The van der Waals surface area contributed by atoms with Gasteiger partial charge in [0.2, 0.25) is 0 Å². The van der Waals surface area contributed by atoms with E-state index in [1.807, 2.05) is 18.4 Å². The largest absolute Gasteiger partial charge is 0.390 e. The topological polar surface area (TPSA) is 89.9 Å². The quantitative estimate of drug-likeness (QED) is 0.554. The Morgan fingerprint density at radius 3 is 2.52 bits per heavy atom. The number of nitrogen functional groups attached to an aromatic ring is 1. The molecule has 1 aliphatic rings. The Morgan fingerprint density at radius 2 is 1.84 bits per heavy atom. The zero-order valence-electron chi connectivity index (χ0n) is 18.0. The van der Waals surface area contributed by atoms with Crippen molar-refractivity contribution in [2.45, 2.75) is 76.9 Å². The number of rotatable bonds is 7. The number of aliphatic hydroxyl groups is 1. The van der Waals surface area contributed by atoms with Crippen LogP contribution in [-0.2, 0) is 6.42 Å². The molecule has 0 aliphatic heterocycles. The Bertz CT molecular complexity index is 1090. The Morgan fingerprint density at radius 1 is 1.13 bits per heavy atom. The summed E-state index contributed by atoms with van der Waals surface area (Å²) in [6.45, 7) is 3.91. The third-order valence-electron chi connectivity index (χ3n) is 6.60. The van der Waals surface area contributed by atoms with Crippen LogP contribution in [0.2, 0.25) is 0 Å². The van der Waals surface area contributed by atoms with Crippen LogP contribution in [0.25, 0.3) is 22.6 Å². The summed E-state index contributed by atoms with van der Waals surface area (Å²) in [6.07, 6.45) is 6.23.